The van der Waals surface area contributed by atoms with Crippen molar-refractivity contribution in [3.05, 3.63) is 29.3 Å². The van der Waals surface area contributed by atoms with Crippen LogP contribution in [-0.4, -0.2) is 50.2 Å². The normalized spacial score (nSPS) is 18.0. The first-order valence-electron chi connectivity index (χ1n) is 8.16. The highest BCUT2D eigenvalue weighted by molar-refractivity contribution is 6.33. The minimum atomic E-state index is 0.638. The molecule has 1 saturated heterocycles. The van der Waals surface area contributed by atoms with Crippen LogP contribution < -0.4 is 10.2 Å². The van der Waals surface area contributed by atoms with Crippen LogP contribution in [0.5, 0.6) is 0 Å². The highest BCUT2D eigenvalue weighted by Gasteiger charge is 2.18. The maximum atomic E-state index is 6.28. The summed E-state index contributed by atoms with van der Waals surface area (Å²) in [6.45, 7) is 11.1. The summed E-state index contributed by atoms with van der Waals surface area (Å²) in [7, 11) is 0. The summed E-state index contributed by atoms with van der Waals surface area (Å²) in [5.74, 6) is 0. The van der Waals surface area contributed by atoms with Gasteiger partial charge in [-0.3, -0.25) is 4.90 Å². The van der Waals surface area contributed by atoms with Crippen molar-refractivity contribution in [2.24, 2.45) is 0 Å². The van der Waals surface area contributed by atoms with E-state index in [-0.39, 0.29) is 0 Å². The van der Waals surface area contributed by atoms with Gasteiger partial charge in [-0.2, -0.15) is 0 Å². The summed E-state index contributed by atoms with van der Waals surface area (Å²) < 4.78 is 0. The SMILES string of the molecule is CCCC(C)NCCN1CCN(c2ccccc2Cl)CC1. The number of para-hydroxylation sites is 1. The Morgan fingerprint density at radius 1 is 1.19 bits per heavy atom. The van der Waals surface area contributed by atoms with Gasteiger partial charge in [0, 0.05) is 45.3 Å². The summed E-state index contributed by atoms with van der Waals surface area (Å²) in [5, 5.41) is 4.47. The van der Waals surface area contributed by atoms with Gasteiger partial charge in [-0.25, -0.2) is 0 Å². The molecule has 0 amide bonds. The van der Waals surface area contributed by atoms with Crippen LogP contribution in [-0.2, 0) is 0 Å². The van der Waals surface area contributed by atoms with E-state index in [9.17, 15) is 0 Å². The molecule has 1 N–H and O–H groups in total. The number of benzene rings is 1. The van der Waals surface area contributed by atoms with Crippen LogP contribution in [0.25, 0.3) is 0 Å². The van der Waals surface area contributed by atoms with E-state index in [1.54, 1.807) is 0 Å². The molecule has 0 aromatic heterocycles. The lowest BCUT2D eigenvalue weighted by Crippen LogP contribution is -2.48. The molecule has 0 bridgehead atoms. The molecule has 1 unspecified atom stereocenters. The molecule has 21 heavy (non-hydrogen) atoms. The standard InChI is InChI=1S/C17H28ClN3/c1-3-6-15(2)19-9-10-20-11-13-21(14-12-20)17-8-5-4-7-16(17)18/h4-5,7-8,15,19H,3,6,9-14H2,1-2H3. The molecule has 0 saturated carbocycles. The summed E-state index contributed by atoms with van der Waals surface area (Å²) in [6, 6.07) is 8.78. The molecule has 1 heterocycles. The van der Waals surface area contributed by atoms with Crippen molar-refractivity contribution in [1.82, 2.24) is 10.2 Å². The van der Waals surface area contributed by atoms with Crippen molar-refractivity contribution in [1.29, 1.82) is 0 Å². The fourth-order valence-electron chi connectivity index (χ4n) is 2.92. The molecule has 0 radical (unpaired) electrons. The Morgan fingerprint density at radius 2 is 1.90 bits per heavy atom. The third-order valence-electron chi connectivity index (χ3n) is 4.21. The topological polar surface area (TPSA) is 18.5 Å². The zero-order valence-electron chi connectivity index (χ0n) is 13.3. The number of nitrogens with one attached hydrogen (secondary N) is 1. The Kier molecular flexibility index (Phi) is 6.81. The molecule has 2 rings (SSSR count). The van der Waals surface area contributed by atoms with Crippen molar-refractivity contribution in [3.63, 3.8) is 0 Å². The first-order valence-corrected chi connectivity index (χ1v) is 8.53. The van der Waals surface area contributed by atoms with E-state index in [0.29, 0.717) is 6.04 Å². The molecule has 118 valence electrons. The lowest BCUT2D eigenvalue weighted by molar-refractivity contribution is 0.254. The van der Waals surface area contributed by atoms with Gasteiger partial charge >= 0.3 is 0 Å². The lowest BCUT2D eigenvalue weighted by Gasteiger charge is -2.36. The number of piperazine rings is 1. The fraction of sp³-hybridized carbons (Fsp3) is 0.647. The van der Waals surface area contributed by atoms with Gasteiger partial charge in [0.2, 0.25) is 0 Å². The molecule has 0 aliphatic carbocycles. The van der Waals surface area contributed by atoms with E-state index < -0.39 is 0 Å². The van der Waals surface area contributed by atoms with Crippen molar-refractivity contribution in [2.75, 3.05) is 44.2 Å². The number of anilines is 1. The molecule has 1 aromatic carbocycles. The molecule has 1 aromatic rings. The fourth-order valence-corrected chi connectivity index (χ4v) is 3.18. The summed E-state index contributed by atoms with van der Waals surface area (Å²) in [5.41, 5.74) is 1.17. The van der Waals surface area contributed by atoms with E-state index in [1.165, 1.54) is 18.5 Å². The summed E-state index contributed by atoms with van der Waals surface area (Å²) in [6.07, 6.45) is 2.52. The number of hydrogen-bond donors (Lipinski definition) is 1. The quantitative estimate of drug-likeness (QED) is 0.834. The Balaban J connectivity index is 1.70. The van der Waals surface area contributed by atoms with Crippen molar-refractivity contribution in [2.45, 2.75) is 32.7 Å². The zero-order chi connectivity index (χ0) is 15.1. The maximum Gasteiger partial charge on any atom is 0.0639 e. The van der Waals surface area contributed by atoms with Gasteiger partial charge in [0.15, 0.2) is 0 Å². The second-order valence-electron chi connectivity index (χ2n) is 5.92. The van der Waals surface area contributed by atoms with E-state index >= 15 is 0 Å². The summed E-state index contributed by atoms with van der Waals surface area (Å²) >= 11 is 6.28. The van der Waals surface area contributed by atoms with Crippen LogP contribution in [0.3, 0.4) is 0 Å². The highest BCUT2D eigenvalue weighted by Crippen LogP contribution is 2.25. The minimum Gasteiger partial charge on any atom is -0.368 e. The molecular weight excluding hydrogens is 282 g/mol. The Bertz CT molecular complexity index is 416. The third-order valence-corrected chi connectivity index (χ3v) is 4.53. The third kappa shape index (κ3) is 5.17. The molecule has 1 fully saturated rings. The minimum absolute atomic E-state index is 0.638. The summed E-state index contributed by atoms with van der Waals surface area (Å²) in [4.78, 5) is 4.94. The van der Waals surface area contributed by atoms with Gasteiger partial charge in [-0.05, 0) is 25.5 Å². The first-order chi connectivity index (χ1) is 10.2. The predicted octanol–water partition coefficient (Wildman–Crippen LogP) is 3.24. The van der Waals surface area contributed by atoms with E-state index in [2.05, 4.69) is 41.1 Å². The zero-order valence-corrected chi connectivity index (χ0v) is 14.1. The second kappa shape index (κ2) is 8.62. The monoisotopic (exact) mass is 309 g/mol. The van der Waals surface area contributed by atoms with Crippen molar-refractivity contribution >= 4 is 17.3 Å². The van der Waals surface area contributed by atoms with Crippen LogP contribution in [0.4, 0.5) is 5.69 Å². The Labute approximate surface area is 134 Å². The van der Waals surface area contributed by atoms with Gasteiger partial charge in [-0.1, -0.05) is 37.1 Å². The number of halogens is 1. The largest absolute Gasteiger partial charge is 0.368 e. The predicted molar refractivity (Wildman–Crippen MR) is 92.5 cm³/mol. The van der Waals surface area contributed by atoms with Gasteiger partial charge in [0.25, 0.3) is 0 Å². The molecule has 4 heteroatoms. The smallest absolute Gasteiger partial charge is 0.0639 e. The Morgan fingerprint density at radius 3 is 2.57 bits per heavy atom. The van der Waals surface area contributed by atoms with Crippen molar-refractivity contribution in [3.8, 4) is 0 Å². The van der Waals surface area contributed by atoms with Crippen molar-refractivity contribution < 1.29 is 0 Å². The molecular formula is C17H28ClN3. The lowest BCUT2D eigenvalue weighted by atomic mass is 10.2. The van der Waals surface area contributed by atoms with Crippen LogP contribution in [0.1, 0.15) is 26.7 Å². The van der Waals surface area contributed by atoms with Gasteiger partial charge < -0.3 is 10.2 Å². The van der Waals surface area contributed by atoms with E-state index in [0.717, 1.165) is 44.3 Å². The Hall–Kier alpha value is -0.770. The van der Waals surface area contributed by atoms with Gasteiger partial charge in [0.1, 0.15) is 0 Å². The van der Waals surface area contributed by atoms with Crippen LogP contribution >= 0.6 is 11.6 Å². The number of hydrogen-bond acceptors (Lipinski definition) is 3. The second-order valence-corrected chi connectivity index (χ2v) is 6.33. The van der Waals surface area contributed by atoms with E-state index in [4.69, 9.17) is 11.6 Å². The molecule has 1 aliphatic rings. The first kappa shape index (κ1) is 16.6. The van der Waals surface area contributed by atoms with E-state index in [1.807, 2.05) is 12.1 Å². The van der Waals surface area contributed by atoms with Gasteiger partial charge in [-0.15, -0.1) is 0 Å². The van der Waals surface area contributed by atoms with Crippen LogP contribution in [0.2, 0.25) is 5.02 Å². The number of rotatable bonds is 7. The number of nitrogens with zero attached hydrogens (tertiary/aromatic N) is 2. The molecule has 1 aliphatic heterocycles. The molecule has 1 atom stereocenters. The highest BCUT2D eigenvalue weighted by atomic mass is 35.5. The maximum absolute atomic E-state index is 6.28. The molecule has 3 nitrogen and oxygen atoms in total. The van der Waals surface area contributed by atoms with Crippen LogP contribution in [0, 0.1) is 0 Å². The van der Waals surface area contributed by atoms with Gasteiger partial charge in [0.05, 0.1) is 10.7 Å². The average Bonchev–Trinajstić information content (AvgIpc) is 2.49. The molecule has 0 spiro atoms. The van der Waals surface area contributed by atoms with Crippen LogP contribution in [0.15, 0.2) is 24.3 Å². The average molecular weight is 310 g/mol.